The number of esters is 1. The smallest absolute Gasteiger partial charge is 0.374 e. The fourth-order valence-electron chi connectivity index (χ4n) is 1.84. The summed E-state index contributed by atoms with van der Waals surface area (Å²) in [7, 11) is 1.30. The normalized spacial score (nSPS) is 10.7. The Morgan fingerprint density at radius 2 is 2.04 bits per heavy atom. The van der Waals surface area contributed by atoms with Gasteiger partial charge < -0.3 is 13.6 Å². The Labute approximate surface area is 140 Å². The van der Waals surface area contributed by atoms with E-state index in [9.17, 15) is 4.79 Å². The van der Waals surface area contributed by atoms with Gasteiger partial charge in [-0.1, -0.05) is 23.4 Å². The van der Waals surface area contributed by atoms with Crippen LogP contribution in [-0.4, -0.2) is 23.3 Å². The van der Waals surface area contributed by atoms with Crippen LogP contribution in [0.4, 0.5) is 0 Å². The van der Waals surface area contributed by atoms with Gasteiger partial charge in [0.05, 0.1) is 13.4 Å². The van der Waals surface area contributed by atoms with Crippen LogP contribution in [0.1, 0.15) is 16.1 Å². The number of carbonyl (C=O) groups is 1. The van der Waals surface area contributed by atoms with Crippen LogP contribution in [0.5, 0.6) is 0 Å². The van der Waals surface area contributed by atoms with Gasteiger partial charge in [-0.15, -0.1) is 10.2 Å². The molecule has 0 spiro atoms. The van der Waals surface area contributed by atoms with Crippen molar-refractivity contribution in [3.63, 3.8) is 0 Å². The molecule has 0 saturated heterocycles. The van der Waals surface area contributed by atoms with Crippen molar-refractivity contribution in [3.8, 4) is 11.5 Å². The second-order valence-corrected chi connectivity index (χ2v) is 5.80. The van der Waals surface area contributed by atoms with E-state index in [1.807, 2.05) is 0 Å². The van der Waals surface area contributed by atoms with Gasteiger partial charge in [0.25, 0.3) is 5.22 Å². The monoisotopic (exact) mass is 350 g/mol. The number of aromatic nitrogens is 2. The molecule has 0 unspecified atom stereocenters. The van der Waals surface area contributed by atoms with Crippen LogP contribution in [0.25, 0.3) is 11.5 Å². The number of hydrogen-bond donors (Lipinski definition) is 0. The molecule has 23 heavy (non-hydrogen) atoms. The number of carbonyl (C=O) groups excluding carboxylic acids is 1. The average molecular weight is 351 g/mol. The Hall–Kier alpha value is -2.25. The van der Waals surface area contributed by atoms with Gasteiger partial charge in [0.15, 0.2) is 0 Å². The molecule has 1 aromatic carbocycles. The van der Waals surface area contributed by atoms with Gasteiger partial charge >= 0.3 is 5.97 Å². The Balaban J connectivity index is 1.69. The molecule has 118 valence electrons. The lowest BCUT2D eigenvalue weighted by molar-refractivity contribution is 0.0564. The summed E-state index contributed by atoms with van der Waals surface area (Å²) in [5.74, 6) is 0.517. The SMILES string of the molecule is COC(=O)c1occc1CSc1nnc(-c2ccc(Cl)cc2)o1. The Morgan fingerprint density at radius 3 is 2.78 bits per heavy atom. The van der Waals surface area contributed by atoms with Gasteiger partial charge in [0.1, 0.15) is 0 Å². The number of rotatable bonds is 5. The van der Waals surface area contributed by atoms with Crippen LogP contribution in [0.15, 0.2) is 50.7 Å². The summed E-state index contributed by atoms with van der Waals surface area (Å²) in [4.78, 5) is 11.5. The minimum absolute atomic E-state index is 0.178. The third-order valence-corrected chi connectivity index (χ3v) is 4.09. The van der Waals surface area contributed by atoms with Gasteiger partial charge in [-0.3, -0.25) is 0 Å². The molecule has 0 aliphatic heterocycles. The first kappa shape index (κ1) is 15.6. The summed E-state index contributed by atoms with van der Waals surface area (Å²) >= 11 is 7.15. The Bertz CT molecular complexity index is 813. The van der Waals surface area contributed by atoms with Crippen LogP contribution in [0.3, 0.4) is 0 Å². The summed E-state index contributed by atoms with van der Waals surface area (Å²) in [6.45, 7) is 0. The summed E-state index contributed by atoms with van der Waals surface area (Å²) in [6.07, 6.45) is 1.44. The Kier molecular flexibility index (Phi) is 4.68. The molecule has 0 radical (unpaired) electrons. The average Bonchev–Trinajstić information content (AvgIpc) is 3.22. The minimum atomic E-state index is -0.516. The molecule has 2 heterocycles. The van der Waals surface area contributed by atoms with Crippen molar-refractivity contribution in [1.82, 2.24) is 10.2 Å². The predicted molar refractivity (Wildman–Crippen MR) is 84.4 cm³/mol. The lowest BCUT2D eigenvalue weighted by atomic mass is 10.2. The lowest BCUT2D eigenvalue weighted by Crippen LogP contribution is -2.02. The standard InChI is InChI=1S/C15H11ClN2O4S/c1-20-14(19)12-10(6-7-21-12)8-23-15-18-17-13(22-15)9-2-4-11(16)5-3-9/h2-7H,8H2,1H3. The zero-order valence-corrected chi connectivity index (χ0v) is 13.6. The zero-order chi connectivity index (χ0) is 16.2. The fourth-order valence-corrected chi connectivity index (χ4v) is 2.71. The van der Waals surface area contributed by atoms with Crippen molar-refractivity contribution in [2.24, 2.45) is 0 Å². The molecule has 0 saturated carbocycles. The predicted octanol–water partition coefficient (Wildman–Crippen LogP) is 4.06. The van der Waals surface area contributed by atoms with E-state index in [1.54, 1.807) is 30.3 Å². The number of benzene rings is 1. The Morgan fingerprint density at radius 1 is 1.26 bits per heavy atom. The lowest BCUT2D eigenvalue weighted by Gasteiger charge is -1.98. The van der Waals surface area contributed by atoms with Crippen LogP contribution in [0.2, 0.25) is 5.02 Å². The number of ether oxygens (including phenoxy) is 1. The first-order valence-electron chi connectivity index (χ1n) is 6.54. The van der Waals surface area contributed by atoms with Crippen molar-refractivity contribution in [2.75, 3.05) is 7.11 Å². The summed E-state index contributed by atoms with van der Waals surface area (Å²) < 4.78 is 15.4. The first-order valence-corrected chi connectivity index (χ1v) is 7.90. The zero-order valence-electron chi connectivity index (χ0n) is 12.0. The third kappa shape index (κ3) is 3.57. The van der Waals surface area contributed by atoms with Crippen LogP contribution in [-0.2, 0) is 10.5 Å². The van der Waals surface area contributed by atoms with Crippen molar-refractivity contribution >= 4 is 29.3 Å². The topological polar surface area (TPSA) is 78.4 Å². The molecular formula is C15H11ClN2O4S. The molecule has 0 aliphatic carbocycles. The van der Waals surface area contributed by atoms with Crippen LogP contribution in [0, 0.1) is 0 Å². The van der Waals surface area contributed by atoms with E-state index < -0.39 is 5.97 Å². The third-order valence-electron chi connectivity index (χ3n) is 2.97. The molecule has 3 aromatic rings. The number of thioether (sulfide) groups is 1. The molecule has 0 N–H and O–H groups in total. The van der Waals surface area contributed by atoms with Crippen molar-refractivity contribution in [2.45, 2.75) is 11.0 Å². The number of methoxy groups -OCH3 is 1. The number of halogens is 1. The highest BCUT2D eigenvalue weighted by atomic mass is 35.5. The second-order valence-electron chi connectivity index (χ2n) is 4.44. The highest BCUT2D eigenvalue weighted by molar-refractivity contribution is 7.98. The minimum Gasteiger partial charge on any atom is -0.463 e. The first-order chi connectivity index (χ1) is 11.2. The summed E-state index contributed by atoms with van der Waals surface area (Å²) in [6, 6.07) is 8.81. The molecular weight excluding hydrogens is 340 g/mol. The van der Waals surface area contributed by atoms with Crippen molar-refractivity contribution < 1.29 is 18.4 Å². The van der Waals surface area contributed by atoms with E-state index in [-0.39, 0.29) is 5.76 Å². The molecule has 6 nitrogen and oxygen atoms in total. The molecule has 0 aliphatic rings. The molecule has 2 aromatic heterocycles. The maximum absolute atomic E-state index is 11.5. The summed E-state index contributed by atoms with van der Waals surface area (Å²) in [5.41, 5.74) is 1.49. The molecule has 0 atom stereocenters. The van der Waals surface area contributed by atoms with Crippen LogP contribution >= 0.6 is 23.4 Å². The van der Waals surface area contributed by atoms with Gasteiger partial charge in [-0.05, 0) is 30.3 Å². The molecule has 0 fully saturated rings. The molecule has 3 rings (SSSR count). The van der Waals surface area contributed by atoms with E-state index >= 15 is 0 Å². The van der Waals surface area contributed by atoms with Crippen LogP contribution < -0.4 is 0 Å². The van der Waals surface area contributed by atoms with E-state index in [2.05, 4.69) is 14.9 Å². The van der Waals surface area contributed by atoms with E-state index in [4.69, 9.17) is 20.4 Å². The molecule has 0 amide bonds. The van der Waals surface area contributed by atoms with E-state index in [0.717, 1.165) is 5.56 Å². The second kappa shape index (κ2) is 6.89. The van der Waals surface area contributed by atoms with Gasteiger partial charge in [0, 0.05) is 21.9 Å². The fraction of sp³-hybridized carbons (Fsp3) is 0.133. The molecule has 0 bridgehead atoms. The maximum atomic E-state index is 11.5. The number of furan rings is 1. The largest absolute Gasteiger partial charge is 0.463 e. The maximum Gasteiger partial charge on any atom is 0.374 e. The highest BCUT2D eigenvalue weighted by Crippen LogP contribution is 2.27. The summed E-state index contributed by atoms with van der Waals surface area (Å²) in [5, 5.41) is 9.00. The molecule has 8 heteroatoms. The van der Waals surface area contributed by atoms with Gasteiger partial charge in [-0.2, -0.15) is 0 Å². The number of hydrogen-bond acceptors (Lipinski definition) is 7. The van der Waals surface area contributed by atoms with Crippen molar-refractivity contribution in [1.29, 1.82) is 0 Å². The van der Waals surface area contributed by atoms with E-state index in [1.165, 1.54) is 25.1 Å². The highest BCUT2D eigenvalue weighted by Gasteiger charge is 2.17. The van der Waals surface area contributed by atoms with Crippen molar-refractivity contribution in [3.05, 3.63) is 52.9 Å². The van der Waals surface area contributed by atoms with Gasteiger partial charge in [-0.25, -0.2) is 4.79 Å². The van der Waals surface area contributed by atoms with Gasteiger partial charge in [0.2, 0.25) is 11.7 Å². The quantitative estimate of drug-likeness (QED) is 0.507. The van der Waals surface area contributed by atoms with E-state index in [0.29, 0.717) is 27.5 Å². The number of nitrogens with zero attached hydrogens (tertiary/aromatic N) is 2.